The highest BCUT2D eigenvalue weighted by Crippen LogP contribution is 2.26. The quantitative estimate of drug-likeness (QED) is 0.773. The fourth-order valence-electron chi connectivity index (χ4n) is 2.62. The van der Waals surface area contributed by atoms with Crippen LogP contribution >= 0.6 is 11.6 Å². The van der Waals surface area contributed by atoms with Gasteiger partial charge in [0.2, 0.25) is 0 Å². The molecule has 2 heteroatoms. The van der Waals surface area contributed by atoms with Crippen molar-refractivity contribution < 1.29 is 4.79 Å². The average molecular weight is 251 g/mol. The predicted molar refractivity (Wildman–Crippen MR) is 71.4 cm³/mol. The van der Waals surface area contributed by atoms with E-state index in [0.29, 0.717) is 18.1 Å². The molecule has 92 valence electrons. The molecule has 1 aliphatic carbocycles. The van der Waals surface area contributed by atoms with Gasteiger partial charge in [0.1, 0.15) is 5.78 Å². The van der Waals surface area contributed by atoms with Crippen molar-refractivity contribution in [2.24, 2.45) is 5.92 Å². The highest BCUT2D eigenvalue weighted by molar-refractivity contribution is 6.30. The van der Waals surface area contributed by atoms with Crippen LogP contribution in [0.1, 0.15) is 44.1 Å². The monoisotopic (exact) mass is 250 g/mol. The fourth-order valence-corrected chi connectivity index (χ4v) is 2.74. The number of rotatable bonds is 4. The first-order valence-corrected chi connectivity index (χ1v) is 6.88. The molecule has 0 aromatic heterocycles. The maximum Gasteiger partial charge on any atom is 0.137 e. The van der Waals surface area contributed by atoms with Gasteiger partial charge in [0.05, 0.1) is 0 Å². The summed E-state index contributed by atoms with van der Waals surface area (Å²) in [7, 11) is 0. The van der Waals surface area contributed by atoms with Gasteiger partial charge in [0, 0.05) is 17.9 Å². The van der Waals surface area contributed by atoms with Crippen LogP contribution in [-0.2, 0) is 11.2 Å². The molecule has 1 nitrogen and oxygen atoms in total. The molecule has 1 aromatic rings. The lowest BCUT2D eigenvalue weighted by Crippen LogP contribution is -2.13. The van der Waals surface area contributed by atoms with E-state index in [4.69, 9.17) is 11.6 Å². The topological polar surface area (TPSA) is 17.1 Å². The third-order valence-corrected chi connectivity index (χ3v) is 3.81. The largest absolute Gasteiger partial charge is 0.299 e. The van der Waals surface area contributed by atoms with E-state index in [-0.39, 0.29) is 0 Å². The second-order valence-electron chi connectivity index (χ2n) is 5.05. The minimum absolute atomic E-state index is 0.374. The van der Waals surface area contributed by atoms with Gasteiger partial charge in [-0.25, -0.2) is 0 Å². The van der Waals surface area contributed by atoms with E-state index < -0.39 is 0 Å². The molecule has 1 aromatic carbocycles. The molecule has 0 unspecified atom stereocenters. The number of Topliss-reactive ketones (excluding diaryl/α,β-unsaturated/α-hetero) is 1. The number of ketones is 1. The highest BCUT2D eigenvalue weighted by atomic mass is 35.5. The molecule has 1 fully saturated rings. The first kappa shape index (κ1) is 12.6. The summed E-state index contributed by atoms with van der Waals surface area (Å²) >= 11 is 5.82. The lowest BCUT2D eigenvalue weighted by atomic mass is 9.85. The Bertz CT molecular complexity index is 363. The molecule has 0 heterocycles. The van der Waals surface area contributed by atoms with E-state index in [1.807, 2.05) is 24.3 Å². The second-order valence-corrected chi connectivity index (χ2v) is 5.49. The summed E-state index contributed by atoms with van der Waals surface area (Å²) in [6, 6.07) is 7.60. The Morgan fingerprint density at radius 1 is 1.12 bits per heavy atom. The van der Waals surface area contributed by atoms with Gasteiger partial charge in [0.25, 0.3) is 0 Å². The summed E-state index contributed by atoms with van der Waals surface area (Å²) in [6.45, 7) is 0. The van der Waals surface area contributed by atoms with Gasteiger partial charge in [-0.2, -0.15) is 0 Å². The van der Waals surface area contributed by atoms with Gasteiger partial charge < -0.3 is 0 Å². The van der Waals surface area contributed by atoms with Crippen molar-refractivity contribution in [1.29, 1.82) is 0 Å². The van der Waals surface area contributed by atoms with Crippen LogP contribution in [0.25, 0.3) is 0 Å². The maximum atomic E-state index is 11.9. The summed E-state index contributed by atoms with van der Waals surface area (Å²) in [5.41, 5.74) is 1.08. The lowest BCUT2D eigenvalue weighted by Gasteiger charge is -2.20. The van der Waals surface area contributed by atoms with Gasteiger partial charge in [-0.05, 0) is 23.6 Å². The number of carbonyl (C=O) groups excluding carboxylic acids is 1. The van der Waals surface area contributed by atoms with E-state index in [1.54, 1.807) is 0 Å². The van der Waals surface area contributed by atoms with Crippen LogP contribution in [0, 0.1) is 5.92 Å². The van der Waals surface area contributed by atoms with Crippen LogP contribution in [0.4, 0.5) is 0 Å². The van der Waals surface area contributed by atoms with Crippen molar-refractivity contribution in [3.63, 3.8) is 0 Å². The molecule has 0 radical (unpaired) electrons. The Hall–Kier alpha value is -0.820. The number of benzene rings is 1. The first-order chi connectivity index (χ1) is 8.24. The summed E-state index contributed by atoms with van der Waals surface area (Å²) in [5, 5.41) is 0.730. The zero-order valence-corrected chi connectivity index (χ0v) is 10.9. The van der Waals surface area contributed by atoms with Crippen LogP contribution in [0.2, 0.25) is 5.02 Å². The Morgan fingerprint density at radius 3 is 2.41 bits per heavy atom. The van der Waals surface area contributed by atoms with Crippen molar-refractivity contribution >= 4 is 17.4 Å². The zero-order valence-electron chi connectivity index (χ0n) is 10.1. The predicted octanol–water partition coefficient (Wildman–Crippen LogP) is 4.42. The molecule has 0 spiro atoms. The zero-order chi connectivity index (χ0) is 12.1. The van der Waals surface area contributed by atoms with Crippen molar-refractivity contribution in [2.75, 3.05) is 0 Å². The Kier molecular flexibility index (Phi) is 4.61. The Balaban J connectivity index is 1.82. The SMILES string of the molecule is O=C(Cc1ccc(Cl)cc1)CC1CCCCC1. The fraction of sp³-hybridized carbons (Fsp3) is 0.533. The Morgan fingerprint density at radius 2 is 1.76 bits per heavy atom. The van der Waals surface area contributed by atoms with Gasteiger partial charge >= 0.3 is 0 Å². The smallest absolute Gasteiger partial charge is 0.137 e. The van der Waals surface area contributed by atoms with Gasteiger partial charge in [0.15, 0.2) is 0 Å². The van der Waals surface area contributed by atoms with Crippen LogP contribution in [-0.4, -0.2) is 5.78 Å². The van der Waals surface area contributed by atoms with E-state index in [0.717, 1.165) is 17.0 Å². The number of halogens is 1. The van der Waals surface area contributed by atoms with Crippen LogP contribution in [0.15, 0.2) is 24.3 Å². The van der Waals surface area contributed by atoms with E-state index in [2.05, 4.69) is 0 Å². The molecular weight excluding hydrogens is 232 g/mol. The van der Waals surface area contributed by atoms with E-state index in [1.165, 1.54) is 32.1 Å². The standard InChI is InChI=1S/C15H19ClO/c16-14-8-6-13(7-9-14)11-15(17)10-12-4-2-1-3-5-12/h6-9,12H,1-5,10-11H2. The van der Waals surface area contributed by atoms with Crippen molar-refractivity contribution in [2.45, 2.75) is 44.9 Å². The van der Waals surface area contributed by atoms with Gasteiger partial charge in [-0.1, -0.05) is 55.8 Å². The molecule has 17 heavy (non-hydrogen) atoms. The number of hydrogen-bond donors (Lipinski definition) is 0. The molecule has 2 rings (SSSR count). The Labute approximate surface area is 108 Å². The summed E-state index contributed by atoms with van der Waals surface area (Å²) in [5.74, 6) is 1.02. The maximum absolute atomic E-state index is 11.9. The summed E-state index contributed by atoms with van der Waals surface area (Å²) < 4.78 is 0. The third kappa shape index (κ3) is 4.16. The number of carbonyl (C=O) groups is 1. The molecule has 0 N–H and O–H groups in total. The first-order valence-electron chi connectivity index (χ1n) is 6.50. The minimum atomic E-state index is 0.374. The van der Waals surface area contributed by atoms with Gasteiger partial charge in [-0.3, -0.25) is 4.79 Å². The summed E-state index contributed by atoms with van der Waals surface area (Å²) in [4.78, 5) is 11.9. The molecular formula is C15H19ClO. The molecule has 0 bridgehead atoms. The highest BCUT2D eigenvalue weighted by Gasteiger charge is 2.16. The van der Waals surface area contributed by atoms with Crippen LogP contribution in [0.5, 0.6) is 0 Å². The third-order valence-electron chi connectivity index (χ3n) is 3.56. The lowest BCUT2D eigenvalue weighted by molar-refractivity contribution is -0.119. The molecule has 0 saturated heterocycles. The van der Waals surface area contributed by atoms with Crippen molar-refractivity contribution in [1.82, 2.24) is 0 Å². The molecule has 0 aliphatic heterocycles. The average Bonchev–Trinajstić information content (AvgIpc) is 2.33. The summed E-state index contributed by atoms with van der Waals surface area (Å²) in [6.07, 6.45) is 7.77. The molecule has 1 saturated carbocycles. The van der Waals surface area contributed by atoms with Crippen LogP contribution < -0.4 is 0 Å². The van der Waals surface area contributed by atoms with Gasteiger partial charge in [-0.15, -0.1) is 0 Å². The minimum Gasteiger partial charge on any atom is -0.299 e. The van der Waals surface area contributed by atoms with Crippen molar-refractivity contribution in [3.05, 3.63) is 34.9 Å². The normalized spacial score (nSPS) is 17.0. The molecule has 0 amide bonds. The van der Waals surface area contributed by atoms with Crippen LogP contribution in [0.3, 0.4) is 0 Å². The van der Waals surface area contributed by atoms with Crippen molar-refractivity contribution in [3.8, 4) is 0 Å². The second kappa shape index (κ2) is 6.20. The van der Waals surface area contributed by atoms with E-state index >= 15 is 0 Å². The number of hydrogen-bond acceptors (Lipinski definition) is 1. The molecule has 1 aliphatic rings. The van der Waals surface area contributed by atoms with E-state index in [9.17, 15) is 4.79 Å². The molecule has 0 atom stereocenters.